The molecule has 1 aromatic carbocycles. The number of rotatable bonds is 5. The van der Waals surface area contributed by atoms with E-state index < -0.39 is 4.92 Å². The van der Waals surface area contributed by atoms with E-state index in [1.165, 1.54) is 12.1 Å². The lowest BCUT2D eigenvalue weighted by Crippen LogP contribution is -2.39. The fourth-order valence-corrected chi connectivity index (χ4v) is 2.86. The van der Waals surface area contributed by atoms with Gasteiger partial charge < -0.3 is 10.6 Å². The summed E-state index contributed by atoms with van der Waals surface area (Å²) in [6.07, 6.45) is 2.49. The summed E-state index contributed by atoms with van der Waals surface area (Å²) < 4.78 is 1.85. The van der Waals surface area contributed by atoms with Crippen molar-refractivity contribution >= 4 is 11.7 Å². The van der Waals surface area contributed by atoms with Crippen molar-refractivity contribution < 1.29 is 9.72 Å². The Hall–Kier alpha value is -2.97. The van der Waals surface area contributed by atoms with Crippen molar-refractivity contribution in [3.63, 3.8) is 0 Å². The monoisotopic (exact) mass is 344 g/mol. The molecule has 1 aromatic heterocycles. The van der Waals surface area contributed by atoms with E-state index in [-0.39, 0.29) is 24.3 Å². The lowest BCUT2D eigenvalue weighted by molar-refractivity contribution is -0.384. The highest BCUT2D eigenvalue weighted by atomic mass is 16.6. The van der Waals surface area contributed by atoms with Crippen LogP contribution in [0, 0.1) is 10.1 Å². The molecule has 132 valence electrons. The van der Waals surface area contributed by atoms with E-state index in [0.717, 1.165) is 37.5 Å². The van der Waals surface area contributed by atoms with Crippen LogP contribution < -0.4 is 10.6 Å². The van der Waals surface area contributed by atoms with Crippen LogP contribution in [-0.2, 0) is 19.5 Å². The van der Waals surface area contributed by atoms with Gasteiger partial charge in [0, 0.05) is 31.6 Å². The van der Waals surface area contributed by atoms with E-state index in [9.17, 15) is 14.9 Å². The fourth-order valence-electron chi connectivity index (χ4n) is 2.86. The number of aryl methyl sites for hydroxylation is 2. The van der Waals surface area contributed by atoms with Gasteiger partial charge >= 0.3 is 6.03 Å². The minimum Gasteiger partial charge on any atom is -0.334 e. The summed E-state index contributed by atoms with van der Waals surface area (Å²) in [5.74, 6) is 1.56. The van der Waals surface area contributed by atoms with Gasteiger partial charge in [0.15, 0.2) is 5.82 Å². The van der Waals surface area contributed by atoms with Crippen LogP contribution in [0.5, 0.6) is 0 Å². The Balaban J connectivity index is 1.59. The second-order valence-electron chi connectivity index (χ2n) is 5.91. The van der Waals surface area contributed by atoms with Gasteiger partial charge in [-0.05, 0) is 18.4 Å². The second-order valence-corrected chi connectivity index (χ2v) is 5.91. The first-order valence-electron chi connectivity index (χ1n) is 8.28. The Labute approximate surface area is 144 Å². The van der Waals surface area contributed by atoms with Crippen LogP contribution in [0.4, 0.5) is 10.5 Å². The zero-order valence-electron chi connectivity index (χ0n) is 13.9. The molecule has 0 bridgehead atoms. The smallest absolute Gasteiger partial charge is 0.315 e. The van der Waals surface area contributed by atoms with Crippen molar-refractivity contribution in [3.05, 3.63) is 51.6 Å². The molecule has 1 unspecified atom stereocenters. The summed E-state index contributed by atoms with van der Waals surface area (Å²) in [6, 6.07) is 5.70. The van der Waals surface area contributed by atoms with Gasteiger partial charge in [-0.15, -0.1) is 0 Å². The number of nitro benzene ring substituents is 1. The van der Waals surface area contributed by atoms with Crippen LogP contribution in [0.3, 0.4) is 0 Å². The van der Waals surface area contributed by atoms with Crippen molar-refractivity contribution in [2.75, 3.05) is 0 Å². The third kappa shape index (κ3) is 3.93. The quantitative estimate of drug-likeness (QED) is 0.636. The third-order valence-electron chi connectivity index (χ3n) is 4.11. The Bertz CT molecular complexity index is 788. The lowest BCUT2D eigenvalue weighted by atomic mass is 10.1. The molecule has 0 fully saturated rings. The van der Waals surface area contributed by atoms with Crippen molar-refractivity contribution in [3.8, 4) is 0 Å². The molecule has 9 nitrogen and oxygen atoms in total. The first kappa shape index (κ1) is 16.9. The molecular formula is C16H20N6O3. The summed E-state index contributed by atoms with van der Waals surface area (Å²) in [5.41, 5.74) is 0.677. The summed E-state index contributed by atoms with van der Waals surface area (Å²) in [4.78, 5) is 27.0. The topological polar surface area (TPSA) is 115 Å². The number of nitrogens with one attached hydrogen (secondary N) is 2. The number of amides is 2. The van der Waals surface area contributed by atoms with E-state index in [2.05, 4.69) is 20.7 Å². The first-order valence-corrected chi connectivity index (χ1v) is 8.28. The molecule has 2 amide bonds. The average Bonchev–Trinajstić information content (AvgIpc) is 3.05. The average molecular weight is 344 g/mol. The van der Waals surface area contributed by atoms with Gasteiger partial charge in [-0.2, -0.15) is 5.10 Å². The van der Waals surface area contributed by atoms with Gasteiger partial charge in [-0.3, -0.25) is 10.1 Å². The standard InChI is InChI=1S/C16H20N6O3/c1-2-14-19-15-13(7-4-8-21(15)20-14)18-16(23)17-10-11-5-3-6-12(9-11)22(24)25/h3,5-6,9,13H,2,4,7-8,10H2,1H3,(H2,17,18,23). The largest absolute Gasteiger partial charge is 0.334 e. The number of carbonyl (C=O) groups is 1. The highest BCUT2D eigenvalue weighted by Gasteiger charge is 2.25. The Morgan fingerprint density at radius 2 is 2.32 bits per heavy atom. The number of aromatic nitrogens is 3. The Morgan fingerprint density at radius 3 is 3.08 bits per heavy atom. The molecule has 0 saturated carbocycles. The molecular weight excluding hydrogens is 324 g/mol. The number of hydrogen-bond donors (Lipinski definition) is 2. The van der Waals surface area contributed by atoms with Crippen molar-refractivity contribution in [2.24, 2.45) is 0 Å². The van der Waals surface area contributed by atoms with Gasteiger partial charge in [0.2, 0.25) is 0 Å². The highest BCUT2D eigenvalue weighted by Crippen LogP contribution is 2.23. The maximum Gasteiger partial charge on any atom is 0.315 e. The molecule has 3 rings (SSSR count). The molecule has 0 radical (unpaired) electrons. The summed E-state index contributed by atoms with van der Waals surface area (Å²) >= 11 is 0. The predicted molar refractivity (Wildman–Crippen MR) is 89.8 cm³/mol. The summed E-state index contributed by atoms with van der Waals surface area (Å²) in [5, 5.41) is 20.9. The molecule has 0 aliphatic carbocycles. The van der Waals surface area contributed by atoms with Crippen molar-refractivity contribution in [1.82, 2.24) is 25.4 Å². The molecule has 0 saturated heterocycles. The molecule has 1 aliphatic heterocycles. The van der Waals surface area contributed by atoms with Crippen LogP contribution >= 0.6 is 0 Å². The maximum absolute atomic E-state index is 12.2. The van der Waals surface area contributed by atoms with E-state index in [4.69, 9.17) is 0 Å². The number of urea groups is 1. The number of fused-ring (bicyclic) bond motifs is 1. The summed E-state index contributed by atoms with van der Waals surface area (Å²) in [6.45, 7) is 3.03. The molecule has 0 spiro atoms. The van der Waals surface area contributed by atoms with Crippen molar-refractivity contribution in [1.29, 1.82) is 0 Å². The Morgan fingerprint density at radius 1 is 1.48 bits per heavy atom. The summed E-state index contributed by atoms with van der Waals surface area (Å²) in [7, 11) is 0. The minimum absolute atomic E-state index is 0.00665. The number of nitrogens with zero attached hydrogens (tertiary/aromatic N) is 4. The van der Waals surface area contributed by atoms with Gasteiger partial charge in [0.25, 0.3) is 5.69 Å². The molecule has 1 atom stereocenters. The molecule has 2 N–H and O–H groups in total. The minimum atomic E-state index is -0.455. The molecule has 25 heavy (non-hydrogen) atoms. The van der Waals surface area contributed by atoms with E-state index in [1.54, 1.807) is 12.1 Å². The van der Waals surface area contributed by atoms with Crippen LogP contribution in [0.15, 0.2) is 24.3 Å². The predicted octanol–water partition coefficient (Wildman–Crippen LogP) is 2.08. The van der Waals surface area contributed by atoms with Crippen molar-refractivity contribution in [2.45, 2.75) is 45.3 Å². The maximum atomic E-state index is 12.2. The third-order valence-corrected chi connectivity index (χ3v) is 4.11. The van der Waals surface area contributed by atoms with E-state index in [0.29, 0.717) is 5.56 Å². The zero-order chi connectivity index (χ0) is 17.8. The molecule has 1 aliphatic rings. The van der Waals surface area contributed by atoms with Gasteiger partial charge in [-0.1, -0.05) is 19.1 Å². The second kappa shape index (κ2) is 7.29. The molecule has 2 heterocycles. The van der Waals surface area contributed by atoms with Crippen LogP contribution in [-0.4, -0.2) is 25.7 Å². The lowest BCUT2D eigenvalue weighted by Gasteiger charge is -2.23. The number of nitro groups is 1. The number of hydrogen-bond acceptors (Lipinski definition) is 5. The van der Waals surface area contributed by atoms with Crippen LogP contribution in [0.25, 0.3) is 0 Å². The number of benzene rings is 1. The zero-order valence-corrected chi connectivity index (χ0v) is 13.9. The van der Waals surface area contributed by atoms with E-state index in [1.807, 2.05) is 11.6 Å². The van der Waals surface area contributed by atoms with E-state index >= 15 is 0 Å². The normalized spacial score (nSPS) is 16.1. The SMILES string of the molecule is CCc1nc2n(n1)CCCC2NC(=O)NCc1cccc([N+](=O)[O-])c1. The fraction of sp³-hybridized carbons (Fsp3) is 0.438. The first-order chi connectivity index (χ1) is 12.1. The number of non-ortho nitro benzene ring substituents is 1. The molecule has 9 heteroatoms. The van der Waals surface area contributed by atoms with Gasteiger partial charge in [-0.25, -0.2) is 14.5 Å². The van der Waals surface area contributed by atoms with Gasteiger partial charge in [0.05, 0.1) is 11.0 Å². The molecule has 2 aromatic rings. The highest BCUT2D eigenvalue weighted by molar-refractivity contribution is 5.74. The van der Waals surface area contributed by atoms with Crippen LogP contribution in [0.2, 0.25) is 0 Å². The Kier molecular flexibility index (Phi) is 4.92. The van der Waals surface area contributed by atoms with Gasteiger partial charge in [0.1, 0.15) is 5.82 Å². The van der Waals surface area contributed by atoms with Crippen LogP contribution in [0.1, 0.15) is 43.0 Å². The number of carbonyl (C=O) groups excluding carboxylic acids is 1.